The van der Waals surface area contributed by atoms with Crippen LogP contribution in [-0.2, 0) is 36.1 Å². The Labute approximate surface area is 284 Å². The molecule has 2 fully saturated rings. The van der Waals surface area contributed by atoms with E-state index in [4.69, 9.17) is 9.47 Å². The number of rotatable bonds is 11. The highest BCUT2D eigenvalue weighted by molar-refractivity contribution is 7.89. The number of hydrogen-bond donors (Lipinski definition) is 3. The average molecular weight is 703 g/mol. The van der Waals surface area contributed by atoms with Gasteiger partial charge in [0, 0.05) is 61.1 Å². The van der Waals surface area contributed by atoms with Crippen LogP contribution in [0.1, 0.15) is 43.7 Å². The van der Waals surface area contributed by atoms with Crippen molar-refractivity contribution in [3.8, 4) is 0 Å². The van der Waals surface area contributed by atoms with E-state index in [0.717, 1.165) is 25.3 Å². The molecule has 2 aliphatic heterocycles. The Hall–Kier alpha value is -3.98. The van der Waals surface area contributed by atoms with Crippen molar-refractivity contribution < 1.29 is 40.7 Å². The van der Waals surface area contributed by atoms with Crippen LogP contribution >= 0.6 is 0 Å². The number of carbonyl (C=O) groups is 2. The maximum Gasteiger partial charge on any atom is 0.407 e. The average Bonchev–Trinajstić information content (AvgIpc) is 3.08. The van der Waals surface area contributed by atoms with Gasteiger partial charge >= 0.3 is 6.09 Å². The topological polar surface area (TPSA) is 126 Å². The van der Waals surface area contributed by atoms with Crippen LogP contribution in [0.25, 0.3) is 0 Å². The van der Waals surface area contributed by atoms with Gasteiger partial charge in [-0.2, -0.15) is 4.31 Å². The van der Waals surface area contributed by atoms with E-state index in [-0.39, 0.29) is 60.2 Å². The Morgan fingerprint density at radius 2 is 1.71 bits per heavy atom. The summed E-state index contributed by atoms with van der Waals surface area (Å²) in [6.07, 6.45) is 0.306. The maximum atomic E-state index is 15.4. The summed E-state index contributed by atoms with van der Waals surface area (Å²) >= 11 is 0. The molecule has 0 aliphatic carbocycles. The summed E-state index contributed by atoms with van der Waals surface area (Å²) in [6.45, 7) is 3.06. The fourth-order valence-corrected chi connectivity index (χ4v) is 8.84. The van der Waals surface area contributed by atoms with Crippen molar-refractivity contribution in [2.75, 3.05) is 38.7 Å². The molecular formula is C35H41F3N4O6S. The van der Waals surface area contributed by atoms with Crippen molar-refractivity contribution in [1.29, 1.82) is 0 Å². The molecular weight excluding hydrogens is 661 g/mol. The standard InChI is InChI=1S/C35H41F3N4O6S/c1-23-21-39-22-27(42(23)49(45,46)28-9-4-3-5-10-28)8-6-11-29-30(38)12-7-13-31(29)40-33(43)32(41-34(44)47-2)35(14-16-48-17-15-35)24-18-25(36)20-26(37)19-24/h3-5,7,9-10,12-13,18-20,23,27,32,39H,6,8,11,14-17,21-22H2,1-2H3,(H,40,43)(H,41,44). The normalized spacial score (nSPS) is 20.3. The first-order valence-corrected chi connectivity index (χ1v) is 17.7. The fourth-order valence-electron chi connectivity index (χ4n) is 6.98. The first kappa shape index (κ1) is 36.3. The van der Waals surface area contributed by atoms with Crippen LogP contribution in [0, 0.1) is 17.5 Å². The van der Waals surface area contributed by atoms with Crippen LogP contribution in [0.2, 0.25) is 0 Å². The predicted octanol–water partition coefficient (Wildman–Crippen LogP) is 4.89. The smallest absolute Gasteiger partial charge is 0.407 e. The fraction of sp³-hybridized carbons (Fsp3) is 0.429. The first-order chi connectivity index (χ1) is 23.5. The highest BCUT2D eigenvalue weighted by Crippen LogP contribution is 2.40. The van der Waals surface area contributed by atoms with Crippen molar-refractivity contribution in [3.63, 3.8) is 0 Å². The Balaban J connectivity index is 1.39. The lowest BCUT2D eigenvalue weighted by atomic mass is 9.68. The van der Waals surface area contributed by atoms with E-state index < -0.39 is 57.0 Å². The second-order valence-corrected chi connectivity index (χ2v) is 14.3. The molecule has 0 spiro atoms. The summed E-state index contributed by atoms with van der Waals surface area (Å²) in [5, 5.41) is 8.60. The van der Waals surface area contributed by atoms with Crippen LogP contribution in [0.3, 0.4) is 0 Å². The number of hydrogen-bond acceptors (Lipinski definition) is 7. The van der Waals surface area contributed by atoms with Gasteiger partial charge in [-0.1, -0.05) is 24.3 Å². The lowest BCUT2D eigenvalue weighted by molar-refractivity contribution is -0.121. The Morgan fingerprint density at radius 1 is 1.02 bits per heavy atom. The number of alkyl carbamates (subject to hydrolysis) is 1. The Kier molecular flexibility index (Phi) is 11.6. The number of carbonyl (C=O) groups excluding carboxylic acids is 2. The molecule has 3 unspecified atom stereocenters. The Morgan fingerprint density at radius 3 is 2.39 bits per heavy atom. The largest absolute Gasteiger partial charge is 0.453 e. The summed E-state index contributed by atoms with van der Waals surface area (Å²) in [5.41, 5.74) is -0.779. The molecule has 0 saturated carbocycles. The monoisotopic (exact) mass is 702 g/mol. The zero-order chi connectivity index (χ0) is 35.2. The van der Waals surface area contributed by atoms with E-state index in [1.54, 1.807) is 30.3 Å². The molecule has 3 aromatic rings. The van der Waals surface area contributed by atoms with Gasteiger partial charge < -0.3 is 25.4 Å². The van der Waals surface area contributed by atoms with Crippen molar-refractivity contribution in [1.82, 2.24) is 14.9 Å². The number of methoxy groups -OCH3 is 1. The van der Waals surface area contributed by atoms with Gasteiger partial charge in [-0.3, -0.25) is 4.79 Å². The quantitative estimate of drug-likeness (QED) is 0.260. The molecule has 2 aliphatic rings. The second-order valence-electron chi connectivity index (χ2n) is 12.5. The number of piperazine rings is 1. The van der Waals surface area contributed by atoms with E-state index >= 15 is 4.39 Å². The molecule has 0 aromatic heterocycles. The van der Waals surface area contributed by atoms with E-state index in [9.17, 15) is 26.8 Å². The molecule has 2 saturated heterocycles. The molecule has 0 bridgehead atoms. The number of sulfonamides is 1. The third kappa shape index (κ3) is 8.09. The van der Waals surface area contributed by atoms with Crippen LogP contribution in [0.4, 0.5) is 23.7 Å². The van der Waals surface area contributed by atoms with E-state index in [2.05, 4.69) is 16.0 Å². The van der Waals surface area contributed by atoms with Crippen molar-refractivity contribution in [2.24, 2.45) is 0 Å². The van der Waals surface area contributed by atoms with Gasteiger partial charge in [0.2, 0.25) is 15.9 Å². The van der Waals surface area contributed by atoms with Gasteiger partial charge in [-0.05, 0) is 81.0 Å². The maximum absolute atomic E-state index is 15.4. The van der Waals surface area contributed by atoms with Crippen molar-refractivity contribution in [3.05, 3.63) is 95.3 Å². The highest BCUT2D eigenvalue weighted by Gasteiger charge is 2.47. The molecule has 3 N–H and O–H groups in total. The number of halogens is 3. The number of benzene rings is 3. The van der Waals surface area contributed by atoms with Crippen LogP contribution in [0.5, 0.6) is 0 Å². The van der Waals surface area contributed by atoms with Gasteiger partial charge in [-0.15, -0.1) is 0 Å². The number of nitrogens with one attached hydrogen (secondary N) is 3. The lowest BCUT2D eigenvalue weighted by Crippen LogP contribution is -2.58. The van der Waals surface area contributed by atoms with Crippen molar-refractivity contribution >= 4 is 27.7 Å². The lowest BCUT2D eigenvalue weighted by Gasteiger charge is -2.43. The van der Waals surface area contributed by atoms with Gasteiger partial charge in [0.25, 0.3) is 0 Å². The minimum Gasteiger partial charge on any atom is -0.453 e. The zero-order valence-corrected chi connectivity index (χ0v) is 28.2. The summed E-state index contributed by atoms with van der Waals surface area (Å²) in [6, 6.07) is 13.3. The molecule has 264 valence electrons. The summed E-state index contributed by atoms with van der Waals surface area (Å²) in [4.78, 5) is 26.9. The van der Waals surface area contributed by atoms with Gasteiger partial charge in [-0.25, -0.2) is 26.4 Å². The molecule has 0 radical (unpaired) electrons. The second kappa shape index (κ2) is 15.7. The molecule has 5 rings (SSSR count). The minimum atomic E-state index is -3.79. The number of amides is 2. The van der Waals surface area contributed by atoms with Crippen molar-refractivity contribution in [2.45, 2.75) is 67.5 Å². The van der Waals surface area contributed by atoms with E-state index in [1.807, 2.05) is 6.92 Å². The molecule has 2 amide bonds. The summed E-state index contributed by atoms with van der Waals surface area (Å²) < 4.78 is 83.5. The molecule has 2 heterocycles. The summed E-state index contributed by atoms with van der Waals surface area (Å²) in [5.74, 6) is -3.01. The first-order valence-electron chi connectivity index (χ1n) is 16.2. The highest BCUT2D eigenvalue weighted by atomic mass is 32.2. The molecule has 49 heavy (non-hydrogen) atoms. The predicted molar refractivity (Wildman–Crippen MR) is 177 cm³/mol. The molecule has 3 atom stereocenters. The molecule has 3 aromatic carbocycles. The number of nitrogens with zero attached hydrogens (tertiary/aromatic N) is 1. The summed E-state index contributed by atoms with van der Waals surface area (Å²) in [7, 11) is -2.67. The van der Waals surface area contributed by atoms with E-state index in [1.165, 1.54) is 22.5 Å². The third-order valence-corrected chi connectivity index (χ3v) is 11.4. The van der Waals surface area contributed by atoms with E-state index in [0.29, 0.717) is 25.9 Å². The molecule has 14 heteroatoms. The van der Waals surface area contributed by atoms with Crippen LogP contribution in [0.15, 0.2) is 71.6 Å². The van der Waals surface area contributed by atoms with Gasteiger partial charge in [0.15, 0.2) is 0 Å². The Bertz CT molecular complexity index is 1720. The zero-order valence-electron chi connectivity index (χ0n) is 27.4. The number of ether oxygens (including phenoxy) is 2. The van der Waals surface area contributed by atoms with Crippen LogP contribution < -0.4 is 16.0 Å². The minimum absolute atomic E-state index is 0.143. The third-order valence-electron chi connectivity index (χ3n) is 9.36. The molecule has 10 nitrogen and oxygen atoms in total. The number of anilines is 1. The van der Waals surface area contributed by atoms with Gasteiger partial charge in [0.05, 0.1) is 12.0 Å². The van der Waals surface area contributed by atoms with Crippen LogP contribution in [-0.4, -0.2) is 76.3 Å². The SMILES string of the molecule is COC(=O)NC(C(=O)Nc1cccc(F)c1CCCC1CNCC(C)N1S(=O)(=O)c1ccccc1)C1(c2cc(F)cc(F)c2)CCOCC1. The van der Waals surface area contributed by atoms with Gasteiger partial charge in [0.1, 0.15) is 23.5 Å².